The van der Waals surface area contributed by atoms with Crippen molar-refractivity contribution in [3.8, 4) is 0 Å². The van der Waals surface area contributed by atoms with Crippen LogP contribution in [-0.4, -0.2) is 26.4 Å². The van der Waals surface area contributed by atoms with Gasteiger partial charge in [0.05, 0.1) is 17.3 Å². The fourth-order valence-corrected chi connectivity index (χ4v) is 2.62. The molecule has 22 heavy (non-hydrogen) atoms. The molecule has 0 aliphatic carbocycles. The molecule has 5 nitrogen and oxygen atoms in total. The minimum absolute atomic E-state index is 0.0324. The Balaban J connectivity index is 2.08. The number of carbonyl (C=O) groups excluding carboxylic acids is 1. The first-order chi connectivity index (χ1) is 10.6. The minimum Gasteiger partial charge on any atom is -0.399 e. The Kier molecular flexibility index (Phi) is 3.76. The lowest BCUT2D eigenvalue weighted by Gasteiger charge is -2.07. The lowest BCUT2D eigenvalue weighted by molar-refractivity contribution is 0.0947. The predicted octanol–water partition coefficient (Wildman–Crippen LogP) is 3.02. The van der Waals surface area contributed by atoms with Crippen molar-refractivity contribution in [2.75, 3.05) is 5.73 Å². The van der Waals surface area contributed by atoms with E-state index in [1.165, 1.54) is 24.5 Å². The Morgan fingerprint density at radius 1 is 1.32 bits per heavy atom. The van der Waals surface area contributed by atoms with Gasteiger partial charge in [0.2, 0.25) is 0 Å². The molecular formula is C14H10F2N4OS. The molecule has 3 aromatic rings. The number of benzene rings is 1. The number of hydrogen-bond acceptors (Lipinski definition) is 5. The lowest BCUT2D eigenvalue weighted by atomic mass is 10.2. The van der Waals surface area contributed by atoms with Gasteiger partial charge in [-0.25, -0.2) is 4.98 Å². The average Bonchev–Trinajstić information content (AvgIpc) is 2.89. The molecule has 0 spiro atoms. The number of thioether (sulfide) groups is 1. The van der Waals surface area contributed by atoms with Crippen molar-refractivity contribution in [1.82, 2.24) is 14.8 Å². The largest absolute Gasteiger partial charge is 0.399 e. The third kappa shape index (κ3) is 2.64. The van der Waals surface area contributed by atoms with E-state index in [1.54, 1.807) is 18.2 Å². The molecule has 0 aliphatic heterocycles. The highest BCUT2D eigenvalue weighted by Gasteiger charge is 2.20. The van der Waals surface area contributed by atoms with Gasteiger partial charge in [-0.2, -0.15) is 18.6 Å². The summed E-state index contributed by atoms with van der Waals surface area (Å²) < 4.78 is 26.3. The number of rotatable bonds is 3. The highest BCUT2D eigenvalue weighted by atomic mass is 32.2. The first-order valence-electron chi connectivity index (χ1n) is 6.24. The predicted molar refractivity (Wildman–Crippen MR) is 80.0 cm³/mol. The van der Waals surface area contributed by atoms with Crippen molar-refractivity contribution in [3.05, 3.63) is 48.3 Å². The van der Waals surface area contributed by atoms with Gasteiger partial charge in [0.15, 0.2) is 0 Å². The summed E-state index contributed by atoms with van der Waals surface area (Å²) in [4.78, 5) is 16.4. The number of fused-ring (bicyclic) bond motifs is 1. The Morgan fingerprint density at radius 3 is 2.91 bits per heavy atom. The van der Waals surface area contributed by atoms with E-state index in [9.17, 15) is 13.6 Å². The zero-order valence-corrected chi connectivity index (χ0v) is 11.9. The number of nitrogen functional groups attached to an aromatic ring is 1. The van der Waals surface area contributed by atoms with Crippen molar-refractivity contribution in [3.63, 3.8) is 0 Å². The van der Waals surface area contributed by atoms with Gasteiger partial charge >= 0.3 is 0 Å². The number of nitrogens with zero attached hydrogens (tertiary/aromatic N) is 3. The summed E-state index contributed by atoms with van der Waals surface area (Å²) in [5.41, 5.74) is 6.79. The summed E-state index contributed by atoms with van der Waals surface area (Å²) in [5.74, 6) is -3.19. The number of pyridine rings is 1. The number of nitrogens with two attached hydrogens (primary N) is 1. The maximum absolute atomic E-state index is 12.6. The second-order valence-corrected chi connectivity index (χ2v) is 5.39. The second-order valence-electron chi connectivity index (χ2n) is 4.41. The van der Waals surface area contributed by atoms with Crippen LogP contribution in [-0.2, 0) is 0 Å². The zero-order chi connectivity index (χ0) is 15.7. The van der Waals surface area contributed by atoms with Crippen LogP contribution < -0.4 is 5.73 Å². The van der Waals surface area contributed by atoms with Gasteiger partial charge in [0, 0.05) is 17.3 Å². The second kappa shape index (κ2) is 5.72. The van der Waals surface area contributed by atoms with Crippen LogP contribution in [0.4, 0.5) is 14.5 Å². The average molecular weight is 320 g/mol. The number of carbonyl (C=O) groups is 1. The molecule has 0 atom stereocenters. The van der Waals surface area contributed by atoms with Gasteiger partial charge in [-0.1, -0.05) is 0 Å². The van der Waals surface area contributed by atoms with E-state index in [0.717, 1.165) is 10.1 Å². The standard InChI is InChI=1S/C14H10F2N4OS/c15-14(16)22-12-10(2-1-5-18-12)13(21)20-11-6-9(17)4-3-8(11)7-19-20/h1-7,14H,17H2. The van der Waals surface area contributed by atoms with Gasteiger partial charge < -0.3 is 5.73 Å². The Labute approximate surface area is 128 Å². The quantitative estimate of drug-likeness (QED) is 0.593. The van der Waals surface area contributed by atoms with Gasteiger partial charge in [-0.15, -0.1) is 0 Å². The van der Waals surface area contributed by atoms with Gasteiger partial charge in [-0.05, 0) is 42.1 Å². The lowest BCUT2D eigenvalue weighted by Crippen LogP contribution is -2.15. The van der Waals surface area contributed by atoms with Gasteiger partial charge in [0.25, 0.3) is 11.7 Å². The van der Waals surface area contributed by atoms with Crippen LogP contribution in [0, 0.1) is 0 Å². The van der Waals surface area contributed by atoms with Crippen molar-refractivity contribution in [2.24, 2.45) is 0 Å². The molecule has 0 amide bonds. The topological polar surface area (TPSA) is 73.8 Å². The smallest absolute Gasteiger partial charge is 0.290 e. The molecule has 0 saturated carbocycles. The Hall–Kier alpha value is -2.48. The number of hydrogen-bond donors (Lipinski definition) is 1. The molecule has 2 N–H and O–H groups in total. The number of aromatic nitrogens is 3. The molecule has 0 saturated heterocycles. The Morgan fingerprint density at radius 2 is 2.14 bits per heavy atom. The highest BCUT2D eigenvalue weighted by Crippen LogP contribution is 2.27. The van der Waals surface area contributed by atoms with E-state index >= 15 is 0 Å². The van der Waals surface area contributed by atoms with E-state index in [1.807, 2.05) is 0 Å². The molecule has 2 heterocycles. The maximum atomic E-state index is 12.6. The molecule has 112 valence electrons. The van der Waals surface area contributed by atoms with Crippen LogP contribution in [0.5, 0.6) is 0 Å². The molecule has 0 bridgehead atoms. The first kappa shape index (κ1) is 14.5. The van der Waals surface area contributed by atoms with Crippen molar-refractivity contribution in [2.45, 2.75) is 10.8 Å². The summed E-state index contributed by atoms with van der Waals surface area (Å²) in [6, 6.07) is 8.00. The molecule has 8 heteroatoms. The molecule has 0 aliphatic rings. The first-order valence-corrected chi connectivity index (χ1v) is 7.12. The van der Waals surface area contributed by atoms with E-state index in [2.05, 4.69) is 10.1 Å². The van der Waals surface area contributed by atoms with Crippen LogP contribution in [0.15, 0.2) is 47.8 Å². The number of anilines is 1. The molecular weight excluding hydrogens is 310 g/mol. The fraction of sp³-hybridized carbons (Fsp3) is 0.0714. The SMILES string of the molecule is Nc1ccc2cnn(C(=O)c3cccnc3SC(F)F)c2c1. The molecule has 0 radical (unpaired) electrons. The zero-order valence-electron chi connectivity index (χ0n) is 11.1. The van der Waals surface area contributed by atoms with Crippen LogP contribution in [0.1, 0.15) is 10.4 Å². The van der Waals surface area contributed by atoms with Gasteiger partial charge in [-0.3, -0.25) is 4.79 Å². The number of alkyl halides is 2. The summed E-state index contributed by atoms with van der Waals surface area (Å²) >= 11 is 0.228. The fourth-order valence-electron chi connectivity index (χ4n) is 2.04. The van der Waals surface area contributed by atoms with Crippen LogP contribution in [0.2, 0.25) is 0 Å². The van der Waals surface area contributed by atoms with E-state index in [4.69, 9.17) is 5.73 Å². The summed E-state index contributed by atoms with van der Waals surface area (Å²) in [6.45, 7) is 0. The molecule has 2 aromatic heterocycles. The van der Waals surface area contributed by atoms with E-state index in [0.29, 0.717) is 11.2 Å². The third-order valence-corrected chi connectivity index (χ3v) is 3.72. The molecule has 3 rings (SSSR count). The van der Waals surface area contributed by atoms with E-state index < -0.39 is 11.7 Å². The molecule has 1 aromatic carbocycles. The summed E-state index contributed by atoms with van der Waals surface area (Å²) in [7, 11) is 0. The normalized spacial score (nSPS) is 11.2. The van der Waals surface area contributed by atoms with Crippen LogP contribution in [0.25, 0.3) is 10.9 Å². The van der Waals surface area contributed by atoms with Crippen molar-refractivity contribution >= 4 is 34.3 Å². The van der Waals surface area contributed by atoms with Crippen molar-refractivity contribution < 1.29 is 13.6 Å². The van der Waals surface area contributed by atoms with Crippen LogP contribution in [0.3, 0.4) is 0 Å². The number of halogens is 2. The van der Waals surface area contributed by atoms with E-state index in [-0.39, 0.29) is 22.4 Å². The maximum Gasteiger partial charge on any atom is 0.290 e. The third-order valence-electron chi connectivity index (χ3n) is 2.99. The summed E-state index contributed by atoms with van der Waals surface area (Å²) in [5, 5.41) is 4.72. The minimum atomic E-state index is -2.66. The molecule has 0 fully saturated rings. The monoisotopic (exact) mass is 320 g/mol. The van der Waals surface area contributed by atoms with Crippen LogP contribution >= 0.6 is 11.8 Å². The molecule has 0 unspecified atom stereocenters. The highest BCUT2D eigenvalue weighted by molar-refractivity contribution is 7.99. The van der Waals surface area contributed by atoms with Gasteiger partial charge in [0.1, 0.15) is 5.03 Å². The summed E-state index contributed by atoms with van der Waals surface area (Å²) in [6.07, 6.45) is 2.88. The van der Waals surface area contributed by atoms with Crippen molar-refractivity contribution in [1.29, 1.82) is 0 Å². The Bertz CT molecular complexity index is 850.